The molecule has 3 nitrogen and oxygen atoms in total. The summed E-state index contributed by atoms with van der Waals surface area (Å²) in [5.41, 5.74) is 3.39. The van der Waals surface area contributed by atoms with Crippen LogP contribution in [0.2, 0.25) is 0 Å². The Hall–Kier alpha value is -1.85. The highest BCUT2D eigenvalue weighted by molar-refractivity contribution is 7.99. The van der Waals surface area contributed by atoms with Crippen molar-refractivity contribution < 1.29 is 4.79 Å². The van der Waals surface area contributed by atoms with E-state index in [0.29, 0.717) is 12.3 Å². The maximum Gasteiger partial charge on any atom is 0.233 e. The van der Waals surface area contributed by atoms with Crippen LogP contribution in [0.4, 0.5) is 0 Å². The summed E-state index contributed by atoms with van der Waals surface area (Å²) in [5, 5.41) is 4.12. The van der Waals surface area contributed by atoms with Gasteiger partial charge in [-0.3, -0.25) is 4.79 Å². The second-order valence-corrected chi connectivity index (χ2v) is 7.89. The molecule has 124 valence electrons. The second kappa shape index (κ2) is 7.36. The number of hydrogen-bond donors (Lipinski definition) is 0. The lowest BCUT2D eigenvalue weighted by Crippen LogP contribution is -2.27. The minimum atomic E-state index is 0.123. The summed E-state index contributed by atoms with van der Waals surface area (Å²) in [7, 11) is 1.85. The van der Waals surface area contributed by atoms with Gasteiger partial charge in [-0.05, 0) is 42.5 Å². The molecule has 24 heavy (non-hydrogen) atoms. The molecule has 2 heterocycles. The van der Waals surface area contributed by atoms with Crippen molar-refractivity contribution in [2.45, 2.75) is 25.4 Å². The molecule has 3 aromatic rings. The SMILES string of the molecule is Cc1cc(SCC(=O)N(C)Cc2cccs2)nc2c(C)cccc12. The highest BCUT2D eigenvalue weighted by Crippen LogP contribution is 2.26. The van der Waals surface area contributed by atoms with E-state index in [4.69, 9.17) is 4.98 Å². The quantitative estimate of drug-likeness (QED) is 0.623. The third-order valence-corrected chi connectivity index (χ3v) is 5.72. The van der Waals surface area contributed by atoms with Gasteiger partial charge in [-0.15, -0.1) is 11.3 Å². The molecule has 0 aliphatic rings. The van der Waals surface area contributed by atoms with E-state index >= 15 is 0 Å². The molecule has 0 atom stereocenters. The lowest BCUT2D eigenvalue weighted by atomic mass is 10.1. The fraction of sp³-hybridized carbons (Fsp3) is 0.263. The number of carbonyl (C=O) groups is 1. The number of hydrogen-bond acceptors (Lipinski definition) is 4. The summed E-state index contributed by atoms with van der Waals surface area (Å²) in [6.45, 7) is 4.84. The Balaban J connectivity index is 1.69. The van der Waals surface area contributed by atoms with Crippen molar-refractivity contribution in [2.24, 2.45) is 0 Å². The highest BCUT2D eigenvalue weighted by atomic mass is 32.2. The molecule has 0 saturated carbocycles. The van der Waals surface area contributed by atoms with Crippen LogP contribution < -0.4 is 0 Å². The van der Waals surface area contributed by atoms with Crippen LogP contribution in [0.3, 0.4) is 0 Å². The number of carbonyl (C=O) groups excluding carboxylic acids is 1. The maximum absolute atomic E-state index is 12.3. The van der Waals surface area contributed by atoms with Gasteiger partial charge in [-0.1, -0.05) is 36.0 Å². The highest BCUT2D eigenvalue weighted by Gasteiger charge is 2.12. The van der Waals surface area contributed by atoms with Gasteiger partial charge in [0.2, 0.25) is 5.91 Å². The van der Waals surface area contributed by atoms with Gasteiger partial charge in [0, 0.05) is 17.3 Å². The number of amides is 1. The molecule has 5 heteroatoms. The molecule has 2 aromatic heterocycles. The smallest absolute Gasteiger partial charge is 0.233 e. The van der Waals surface area contributed by atoms with Crippen molar-refractivity contribution in [1.29, 1.82) is 0 Å². The zero-order valence-corrected chi connectivity index (χ0v) is 15.7. The van der Waals surface area contributed by atoms with Crippen molar-refractivity contribution in [2.75, 3.05) is 12.8 Å². The van der Waals surface area contributed by atoms with Gasteiger partial charge in [0.25, 0.3) is 0 Å². The van der Waals surface area contributed by atoms with Crippen LogP contribution in [0, 0.1) is 13.8 Å². The summed E-state index contributed by atoms with van der Waals surface area (Å²) in [5.74, 6) is 0.531. The normalized spacial score (nSPS) is 11.0. The van der Waals surface area contributed by atoms with E-state index in [1.54, 1.807) is 16.2 Å². The van der Waals surface area contributed by atoms with Crippen LogP contribution >= 0.6 is 23.1 Å². The summed E-state index contributed by atoms with van der Waals surface area (Å²) in [6.07, 6.45) is 0. The average Bonchev–Trinajstić information content (AvgIpc) is 3.06. The number of nitrogens with zero attached hydrogens (tertiary/aromatic N) is 2. The van der Waals surface area contributed by atoms with Crippen molar-refractivity contribution in [3.63, 3.8) is 0 Å². The maximum atomic E-state index is 12.3. The summed E-state index contributed by atoms with van der Waals surface area (Å²) in [4.78, 5) is 20.1. The van der Waals surface area contributed by atoms with Gasteiger partial charge in [-0.25, -0.2) is 4.98 Å². The number of pyridine rings is 1. The first kappa shape index (κ1) is 17.0. The standard InChI is InChI=1S/C19H20N2OS2/c1-13-6-4-8-16-14(2)10-17(20-19(13)16)24-12-18(22)21(3)11-15-7-5-9-23-15/h4-10H,11-12H2,1-3H3. The third-order valence-electron chi connectivity index (χ3n) is 3.97. The number of aryl methyl sites for hydroxylation is 2. The molecule has 3 rings (SSSR count). The predicted molar refractivity (Wildman–Crippen MR) is 103 cm³/mol. The molecule has 0 saturated heterocycles. The van der Waals surface area contributed by atoms with Gasteiger partial charge in [0.05, 0.1) is 22.8 Å². The number of thioether (sulfide) groups is 1. The first-order valence-corrected chi connectivity index (χ1v) is 9.67. The predicted octanol–water partition coefficient (Wildman–Crippen LogP) is 4.66. The van der Waals surface area contributed by atoms with Gasteiger partial charge in [0.15, 0.2) is 0 Å². The monoisotopic (exact) mass is 356 g/mol. The second-order valence-electron chi connectivity index (χ2n) is 5.87. The lowest BCUT2D eigenvalue weighted by Gasteiger charge is -2.16. The molecule has 0 aliphatic heterocycles. The van der Waals surface area contributed by atoms with Gasteiger partial charge in [0.1, 0.15) is 0 Å². The van der Waals surface area contributed by atoms with Crippen LogP contribution in [-0.2, 0) is 11.3 Å². The first-order chi connectivity index (χ1) is 11.5. The zero-order valence-electron chi connectivity index (χ0n) is 14.1. The third kappa shape index (κ3) is 3.79. The van der Waals surface area contributed by atoms with Crippen molar-refractivity contribution >= 4 is 39.9 Å². The number of benzene rings is 1. The first-order valence-electron chi connectivity index (χ1n) is 7.80. The molecule has 0 bridgehead atoms. The van der Waals surface area contributed by atoms with Crippen LogP contribution in [0.1, 0.15) is 16.0 Å². The molecule has 1 aromatic carbocycles. The number of thiophene rings is 1. The zero-order chi connectivity index (χ0) is 17.1. The lowest BCUT2D eigenvalue weighted by molar-refractivity contribution is -0.127. The Morgan fingerprint density at radius 3 is 2.79 bits per heavy atom. The van der Waals surface area contributed by atoms with Crippen LogP contribution in [-0.4, -0.2) is 28.6 Å². The van der Waals surface area contributed by atoms with Crippen molar-refractivity contribution in [3.8, 4) is 0 Å². The number of rotatable bonds is 5. The molecule has 0 unspecified atom stereocenters. The summed E-state index contributed by atoms with van der Waals surface area (Å²) >= 11 is 3.18. The van der Waals surface area contributed by atoms with E-state index in [2.05, 4.69) is 44.2 Å². The molecule has 0 N–H and O–H groups in total. The Bertz CT molecular complexity index is 859. The van der Waals surface area contributed by atoms with Gasteiger partial charge in [-0.2, -0.15) is 0 Å². The van der Waals surface area contributed by atoms with E-state index in [1.807, 2.05) is 18.5 Å². The van der Waals surface area contributed by atoms with E-state index in [-0.39, 0.29) is 5.91 Å². The average molecular weight is 357 g/mol. The summed E-state index contributed by atoms with van der Waals surface area (Å²) < 4.78 is 0. The van der Waals surface area contributed by atoms with Crippen molar-refractivity contribution in [3.05, 3.63) is 57.8 Å². The van der Waals surface area contributed by atoms with E-state index in [0.717, 1.165) is 10.5 Å². The van der Waals surface area contributed by atoms with Crippen LogP contribution in [0.15, 0.2) is 46.8 Å². The Kier molecular flexibility index (Phi) is 5.21. The molecular formula is C19H20N2OS2. The topological polar surface area (TPSA) is 33.2 Å². The minimum absolute atomic E-state index is 0.123. The molecule has 0 radical (unpaired) electrons. The van der Waals surface area contributed by atoms with Gasteiger partial charge < -0.3 is 4.90 Å². The molecule has 0 fully saturated rings. The molecule has 0 spiro atoms. The fourth-order valence-corrected chi connectivity index (χ4v) is 4.24. The number of aromatic nitrogens is 1. The minimum Gasteiger partial charge on any atom is -0.340 e. The Morgan fingerprint density at radius 2 is 2.04 bits per heavy atom. The molecular weight excluding hydrogens is 336 g/mol. The van der Waals surface area contributed by atoms with Crippen molar-refractivity contribution in [1.82, 2.24) is 9.88 Å². The van der Waals surface area contributed by atoms with Crippen LogP contribution in [0.5, 0.6) is 0 Å². The molecule has 0 aliphatic carbocycles. The van der Waals surface area contributed by atoms with E-state index in [9.17, 15) is 4.79 Å². The molecule has 1 amide bonds. The van der Waals surface area contributed by atoms with Gasteiger partial charge >= 0.3 is 0 Å². The summed E-state index contributed by atoms with van der Waals surface area (Å²) in [6, 6.07) is 12.4. The van der Waals surface area contributed by atoms with Crippen LogP contribution in [0.25, 0.3) is 10.9 Å². The Morgan fingerprint density at radius 1 is 1.21 bits per heavy atom. The fourth-order valence-electron chi connectivity index (χ4n) is 2.58. The number of para-hydroxylation sites is 1. The Labute approximate surface area is 150 Å². The number of fused-ring (bicyclic) bond motifs is 1. The largest absolute Gasteiger partial charge is 0.340 e. The van der Waals surface area contributed by atoms with E-state index in [1.165, 1.54) is 33.2 Å². The van der Waals surface area contributed by atoms with E-state index < -0.39 is 0 Å².